The predicted octanol–water partition coefficient (Wildman–Crippen LogP) is 7.94. The van der Waals surface area contributed by atoms with Crippen LogP contribution in [0.4, 0.5) is 56.8 Å². The van der Waals surface area contributed by atoms with Crippen LogP contribution < -0.4 is 15.5 Å². The lowest BCUT2D eigenvalue weighted by Gasteiger charge is -2.34. The quantitative estimate of drug-likeness (QED) is 0.285. The molecule has 0 unspecified atom stereocenters. The number of aromatic nitrogens is 2. The normalized spacial score (nSPS) is 17.6. The summed E-state index contributed by atoms with van der Waals surface area (Å²) in [6.07, 6.45) is -12.6. The Morgan fingerprint density at radius 3 is 2.02 bits per heavy atom. The van der Waals surface area contributed by atoms with Gasteiger partial charge < -0.3 is 15.5 Å². The van der Waals surface area contributed by atoms with Gasteiger partial charge in [-0.25, -0.2) is 9.97 Å². The van der Waals surface area contributed by atoms with E-state index in [0.29, 0.717) is 41.9 Å². The fourth-order valence-electron chi connectivity index (χ4n) is 4.71. The molecule has 222 valence electrons. The number of halogens is 9. The topological polar surface area (TPSA) is 53.1 Å². The summed E-state index contributed by atoms with van der Waals surface area (Å²) in [4.78, 5) is 10.2. The predicted molar refractivity (Wildman–Crippen MR) is 136 cm³/mol. The lowest BCUT2D eigenvalue weighted by Crippen LogP contribution is -2.31. The van der Waals surface area contributed by atoms with Crippen LogP contribution in [0.2, 0.25) is 0 Å². The Morgan fingerprint density at radius 1 is 0.878 bits per heavy atom. The van der Waals surface area contributed by atoms with Crippen molar-refractivity contribution in [3.63, 3.8) is 0 Å². The molecule has 0 bridgehead atoms. The minimum absolute atomic E-state index is 0.0289. The number of anilines is 3. The monoisotopic (exact) mass is 591 g/mol. The molecular weight excluding hydrogens is 565 g/mol. The Kier molecular flexibility index (Phi) is 8.07. The summed E-state index contributed by atoms with van der Waals surface area (Å²) < 4.78 is 121. The number of alkyl halides is 9. The number of benzene rings is 2. The van der Waals surface area contributed by atoms with Gasteiger partial charge in [0.05, 0.1) is 40.3 Å². The number of nitrogens with one attached hydrogen (secondary N) is 2. The fraction of sp³-hybridized carbons (Fsp3) is 0.407. The first-order valence-electron chi connectivity index (χ1n) is 12.5. The maximum absolute atomic E-state index is 13.4. The molecule has 41 heavy (non-hydrogen) atoms. The standard InChI is InChI=1S/C27H26F9N5/c1-4-18-12-21(19-11-15(25(28,29)30)5-6-20(19)38-18)39-24-37-13-23(41(2)3)22(40-24)9-14-7-16(26(31,32)33)10-17(8-14)27(34,35)36/h5-8,10-11,13,18,21,38H,4,9,12H2,1-3H3,(H,37,39,40)/t18-,21+/m1/s1. The van der Waals surface area contributed by atoms with E-state index in [1.54, 1.807) is 19.0 Å². The van der Waals surface area contributed by atoms with Crippen molar-refractivity contribution in [3.8, 4) is 0 Å². The zero-order valence-electron chi connectivity index (χ0n) is 22.1. The van der Waals surface area contributed by atoms with E-state index < -0.39 is 47.7 Å². The second kappa shape index (κ2) is 10.9. The molecule has 0 radical (unpaired) electrons. The van der Waals surface area contributed by atoms with Gasteiger partial charge >= 0.3 is 18.5 Å². The van der Waals surface area contributed by atoms with Gasteiger partial charge in [0.25, 0.3) is 0 Å². The summed E-state index contributed by atoms with van der Waals surface area (Å²) >= 11 is 0. The second-order valence-corrected chi connectivity index (χ2v) is 9.99. The first kappa shape index (κ1) is 30.3. The summed E-state index contributed by atoms with van der Waals surface area (Å²) in [6.45, 7) is 1.91. The zero-order valence-corrected chi connectivity index (χ0v) is 22.1. The zero-order chi connectivity index (χ0) is 30.3. The van der Waals surface area contributed by atoms with Crippen LogP contribution in [-0.2, 0) is 24.9 Å². The molecule has 0 saturated heterocycles. The van der Waals surface area contributed by atoms with Crippen LogP contribution in [0.25, 0.3) is 0 Å². The van der Waals surface area contributed by atoms with Crippen LogP contribution in [-0.4, -0.2) is 30.1 Å². The van der Waals surface area contributed by atoms with Crippen molar-refractivity contribution in [2.24, 2.45) is 0 Å². The van der Waals surface area contributed by atoms with Gasteiger partial charge in [0, 0.05) is 32.2 Å². The van der Waals surface area contributed by atoms with Gasteiger partial charge in [-0.15, -0.1) is 0 Å². The Labute approximate surface area is 229 Å². The molecule has 5 nitrogen and oxygen atoms in total. The van der Waals surface area contributed by atoms with Gasteiger partial charge in [-0.3, -0.25) is 0 Å². The van der Waals surface area contributed by atoms with Crippen LogP contribution in [0.3, 0.4) is 0 Å². The molecule has 4 rings (SSSR count). The van der Waals surface area contributed by atoms with Crippen LogP contribution >= 0.6 is 0 Å². The third kappa shape index (κ3) is 6.96. The van der Waals surface area contributed by atoms with Gasteiger partial charge in [-0.05, 0) is 60.4 Å². The van der Waals surface area contributed by atoms with Gasteiger partial charge in [-0.2, -0.15) is 39.5 Å². The van der Waals surface area contributed by atoms with Gasteiger partial charge in [0.2, 0.25) is 5.95 Å². The minimum Gasteiger partial charge on any atom is -0.382 e. The Hall–Kier alpha value is -3.71. The minimum atomic E-state index is -5.01. The molecule has 1 aliphatic rings. The van der Waals surface area contributed by atoms with Crippen LogP contribution in [0, 0.1) is 0 Å². The van der Waals surface area contributed by atoms with Crippen molar-refractivity contribution in [2.75, 3.05) is 29.6 Å². The fourth-order valence-corrected chi connectivity index (χ4v) is 4.71. The van der Waals surface area contributed by atoms with Crippen molar-refractivity contribution < 1.29 is 39.5 Å². The molecule has 0 aliphatic carbocycles. The summed E-state index contributed by atoms with van der Waals surface area (Å²) in [5.41, 5.74) is -2.69. The third-order valence-corrected chi connectivity index (χ3v) is 6.78. The van der Waals surface area contributed by atoms with Crippen molar-refractivity contribution >= 4 is 17.3 Å². The molecular formula is C27H26F9N5. The number of rotatable bonds is 6. The van der Waals surface area contributed by atoms with Crippen molar-refractivity contribution in [1.82, 2.24) is 9.97 Å². The smallest absolute Gasteiger partial charge is 0.382 e. The molecule has 1 aromatic heterocycles. The SMILES string of the molecule is CC[C@@H]1C[C@H](Nc2ncc(N(C)C)c(Cc3cc(C(F)(F)F)cc(C(F)(F)F)c3)n2)c2cc(C(F)(F)F)ccc2N1. The third-order valence-electron chi connectivity index (χ3n) is 6.78. The van der Waals surface area contributed by atoms with E-state index >= 15 is 0 Å². The summed E-state index contributed by atoms with van der Waals surface area (Å²) in [6, 6.07) is 3.95. The van der Waals surface area contributed by atoms with Gasteiger partial charge in [0.1, 0.15) is 0 Å². The molecule has 1 aliphatic heterocycles. The number of hydrogen-bond donors (Lipinski definition) is 2. The number of nitrogens with zero attached hydrogens (tertiary/aromatic N) is 3. The lowest BCUT2D eigenvalue weighted by atomic mass is 9.90. The average molecular weight is 592 g/mol. The van der Waals surface area contributed by atoms with Crippen LogP contribution in [0.1, 0.15) is 59.3 Å². The lowest BCUT2D eigenvalue weighted by molar-refractivity contribution is -0.143. The van der Waals surface area contributed by atoms with Crippen molar-refractivity contribution in [1.29, 1.82) is 0 Å². The molecule has 14 heteroatoms. The van der Waals surface area contributed by atoms with Crippen molar-refractivity contribution in [2.45, 2.75) is 56.8 Å². The molecule has 0 amide bonds. The van der Waals surface area contributed by atoms with E-state index in [0.717, 1.165) is 12.1 Å². The molecule has 0 fully saturated rings. The molecule has 3 aromatic rings. The van der Waals surface area contributed by atoms with Crippen molar-refractivity contribution in [3.05, 3.63) is 76.1 Å². The first-order valence-corrected chi connectivity index (χ1v) is 12.5. The molecule has 2 N–H and O–H groups in total. The van der Waals surface area contributed by atoms with Gasteiger partial charge in [-0.1, -0.05) is 6.92 Å². The summed E-state index contributed by atoms with van der Waals surface area (Å²) in [7, 11) is 3.21. The summed E-state index contributed by atoms with van der Waals surface area (Å²) in [5.74, 6) is -0.0289. The molecule has 0 saturated carbocycles. The Balaban J connectivity index is 1.73. The highest BCUT2D eigenvalue weighted by Gasteiger charge is 2.37. The Morgan fingerprint density at radius 2 is 1.49 bits per heavy atom. The van der Waals surface area contributed by atoms with E-state index in [2.05, 4.69) is 20.6 Å². The van der Waals surface area contributed by atoms with E-state index in [1.165, 1.54) is 12.3 Å². The Bertz CT molecular complexity index is 1370. The molecule has 2 heterocycles. The highest BCUT2D eigenvalue weighted by Crippen LogP contribution is 2.40. The highest BCUT2D eigenvalue weighted by molar-refractivity contribution is 5.60. The summed E-state index contributed by atoms with van der Waals surface area (Å²) in [5, 5.41) is 6.24. The van der Waals surface area contributed by atoms with Crippen LogP contribution in [0.15, 0.2) is 42.6 Å². The van der Waals surface area contributed by atoms with Gasteiger partial charge in [0.15, 0.2) is 0 Å². The highest BCUT2D eigenvalue weighted by atomic mass is 19.4. The van der Waals surface area contributed by atoms with E-state index in [4.69, 9.17) is 0 Å². The second-order valence-electron chi connectivity index (χ2n) is 9.99. The molecule has 0 spiro atoms. The molecule has 2 aromatic carbocycles. The van der Waals surface area contributed by atoms with E-state index in [-0.39, 0.29) is 29.3 Å². The molecule has 2 atom stereocenters. The average Bonchev–Trinajstić information content (AvgIpc) is 2.86. The maximum atomic E-state index is 13.4. The van der Waals surface area contributed by atoms with E-state index in [9.17, 15) is 39.5 Å². The largest absolute Gasteiger partial charge is 0.416 e. The number of fused-ring (bicyclic) bond motifs is 1. The maximum Gasteiger partial charge on any atom is 0.416 e. The van der Waals surface area contributed by atoms with E-state index in [1.807, 2.05) is 6.92 Å². The first-order chi connectivity index (χ1) is 19.0. The number of hydrogen-bond acceptors (Lipinski definition) is 5. The van der Waals surface area contributed by atoms with Crippen LogP contribution in [0.5, 0.6) is 0 Å².